The zero-order chi connectivity index (χ0) is 15.2. The van der Waals surface area contributed by atoms with Crippen molar-refractivity contribution in [2.75, 3.05) is 11.9 Å². The highest BCUT2D eigenvalue weighted by molar-refractivity contribution is 5.31. The Kier molecular flexibility index (Phi) is 5.08. The van der Waals surface area contributed by atoms with E-state index in [1.54, 1.807) is 6.20 Å². The lowest BCUT2D eigenvalue weighted by molar-refractivity contribution is 0.221. The number of nitrogens with zero attached hydrogens (tertiary/aromatic N) is 5. The van der Waals surface area contributed by atoms with Crippen molar-refractivity contribution in [2.45, 2.75) is 46.6 Å². The van der Waals surface area contributed by atoms with Crippen LogP contribution in [0.2, 0.25) is 0 Å². The zero-order valence-electron chi connectivity index (χ0n) is 13.0. The molecular weight excluding hydrogens is 268 g/mol. The summed E-state index contributed by atoms with van der Waals surface area (Å²) in [6.45, 7) is 8.82. The van der Waals surface area contributed by atoms with Gasteiger partial charge in [0.15, 0.2) is 0 Å². The van der Waals surface area contributed by atoms with Gasteiger partial charge < -0.3 is 10.1 Å². The lowest BCUT2D eigenvalue weighted by Crippen LogP contribution is -2.15. The Bertz CT molecular complexity index is 581. The predicted octanol–water partition coefficient (Wildman–Crippen LogP) is 2.23. The van der Waals surface area contributed by atoms with Crippen LogP contribution in [-0.2, 0) is 6.42 Å². The van der Waals surface area contributed by atoms with Gasteiger partial charge in [0, 0.05) is 25.4 Å². The first-order valence-corrected chi connectivity index (χ1v) is 7.33. The summed E-state index contributed by atoms with van der Waals surface area (Å²) in [6.07, 6.45) is 5.39. The van der Waals surface area contributed by atoms with E-state index in [9.17, 15) is 0 Å². The number of aromatic nitrogens is 5. The highest BCUT2D eigenvalue weighted by Gasteiger charge is 2.12. The Morgan fingerprint density at radius 1 is 1.24 bits per heavy atom. The molecule has 2 aromatic heterocycles. The van der Waals surface area contributed by atoms with Gasteiger partial charge in [-0.25, -0.2) is 4.98 Å². The topological polar surface area (TPSA) is 77.8 Å². The van der Waals surface area contributed by atoms with E-state index >= 15 is 0 Å². The molecule has 114 valence electrons. The minimum absolute atomic E-state index is 0.00714. The fourth-order valence-electron chi connectivity index (χ4n) is 1.81. The van der Waals surface area contributed by atoms with Crippen LogP contribution in [0, 0.1) is 0 Å². The van der Waals surface area contributed by atoms with Crippen molar-refractivity contribution in [3.05, 3.63) is 18.2 Å². The van der Waals surface area contributed by atoms with Gasteiger partial charge in [-0.2, -0.15) is 15.0 Å². The summed E-state index contributed by atoms with van der Waals surface area (Å²) in [5.74, 6) is 1.94. The molecule has 0 atom stereocenters. The standard InChI is InChI=1S/C14H22N6O/c1-5-7-16-12-17-13(19-14(18-12)21-10(3)4)20-9-8-15-11(20)6-2/h8-10H,5-7H2,1-4H3,(H,16,17,18,19). The first-order chi connectivity index (χ1) is 10.1. The van der Waals surface area contributed by atoms with Crippen LogP contribution in [0.5, 0.6) is 6.01 Å². The number of anilines is 1. The van der Waals surface area contributed by atoms with Gasteiger partial charge in [0.1, 0.15) is 5.82 Å². The molecule has 0 aliphatic rings. The summed E-state index contributed by atoms with van der Waals surface area (Å²) < 4.78 is 7.46. The van der Waals surface area contributed by atoms with E-state index in [1.165, 1.54) is 0 Å². The van der Waals surface area contributed by atoms with Gasteiger partial charge in [-0.3, -0.25) is 4.57 Å². The van der Waals surface area contributed by atoms with Gasteiger partial charge in [-0.1, -0.05) is 13.8 Å². The minimum Gasteiger partial charge on any atom is -0.461 e. The largest absolute Gasteiger partial charge is 0.461 e. The van der Waals surface area contributed by atoms with E-state index < -0.39 is 0 Å². The van der Waals surface area contributed by atoms with Crippen LogP contribution in [0.4, 0.5) is 5.95 Å². The molecule has 0 aliphatic carbocycles. The Morgan fingerprint density at radius 3 is 2.71 bits per heavy atom. The van der Waals surface area contributed by atoms with Crippen LogP contribution in [0.1, 0.15) is 39.9 Å². The normalized spacial score (nSPS) is 10.9. The van der Waals surface area contributed by atoms with E-state index in [4.69, 9.17) is 4.74 Å². The second-order valence-electron chi connectivity index (χ2n) is 4.90. The fraction of sp³-hybridized carbons (Fsp3) is 0.571. The van der Waals surface area contributed by atoms with Gasteiger partial charge in [0.2, 0.25) is 11.9 Å². The number of hydrogen-bond acceptors (Lipinski definition) is 6. The SMILES string of the molecule is CCCNc1nc(OC(C)C)nc(-n2ccnc2CC)n1. The zero-order valence-corrected chi connectivity index (χ0v) is 13.0. The smallest absolute Gasteiger partial charge is 0.323 e. The van der Waals surface area contributed by atoms with Crippen LogP contribution >= 0.6 is 0 Å². The van der Waals surface area contributed by atoms with Crippen molar-refractivity contribution < 1.29 is 4.74 Å². The van der Waals surface area contributed by atoms with Gasteiger partial charge in [0.25, 0.3) is 0 Å². The monoisotopic (exact) mass is 290 g/mol. The van der Waals surface area contributed by atoms with E-state index in [0.717, 1.165) is 25.2 Å². The molecule has 0 unspecified atom stereocenters. The van der Waals surface area contributed by atoms with Gasteiger partial charge in [0.05, 0.1) is 6.10 Å². The molecule has 0 saturated heterocycles. The summed E-state index contributed by atoms with van der Waals surface area (Å²) in [6, 6.07) is 0.323. The third-order valence-corrected chi connectivity index (χ3v) is 2.73. The summed E-state index contributed by atoms with van der Waals surface area (Å²) in [5, 5.41) is 3.17. The fourth-order valence-corrected chi connectivity index (χ4v) is 1.81. The lowest BCUT2D eigenvalue weighted by Gasteiger charge is -2.12. The number of nitrogens with one attached hydrogen (secondary N) is 1. The summed E-state index contributed by atoms with van der Waals surface area (Å²) >= 11 is 0. The van der Waals surface area contributed by atoms with Crippen LogP contribution in [-0.4, -0.2) is 37.2 Å². The van der Waals surface area contributed by atoms with Crippen molar-refractivity contribution in [2.24, 2.45) is 0 Å². The molecule has 0 radical (unpaired) electrons. The third-order valence-electron chi connectivity index (χ3n) is 2.73. The van der Waals surface area contributed by atoms with Crippen molar-refractivity contribution in [1.82, 2.24) is 24.5 Å². The molecule has 1 N–H and O–H groups in total. The van der Waals surface area contributed by atoms with Crippen molar-refractivity contribution in [3.8, 4) is 12.0 Å². The second-order valence-corrected chi connectivity index (χ2v) is 4.90. The molecule has 0 bridgehead atoms. The van der Waals surface area contributed by atoms with Crippen LogP contribution in [0.25, 0.3) is 5.95 Å². The van der Waals surface area contributed by atoms with E-state index in [0.29, 0.717) is 17.9 Å². The molecular formula is C14H22N6O. The minimum atomic E-state index is 0.00714. The van der Waals surface area contributed by atoms with Crippen molar-refractivity contribution in [1.29, 1.82) is 0 Å². The summed E-state index contributed by atoms with van der Waals surface area (Å²) in [4.78, 5) is 17.4. The van der Waals surface area contributed by atoms with Crippen LogP contribution in [0.15, 0.2) is 12.4 Å². The molecule has 0 aromatic carbocycles. The lowest BCUT2D eigenvalue weighted by atomic mass is 10.4. The van der Waals surface area contributed by atoms with Gasteiger partial charge in [-0.15, -0.1) is 0 Å². The second kappa shape index (κ2) is 7.01. The number of hydrogen-bond donors (Lipinski definition) is 1. The van der Waals surface area contributed by atoms with Crippen LogP contribution < -0.4 is 10.1 Å². The highest BCUT2D eigenvalue weighted by Crippen LogP contribution is 2.14. The van der Waals surface area contributed by atoms with E-state index in [-0.39, 0.29) is 6.10 Å². The highest BCUT2D eigenvalue weighted by atomic mass is 16.5. The van der Waals surface area contributed by atoms with Crippen molar-refractivity contribution in [3.63, 3.8) is 0 Å². The quantitative estimate of drug-likeness (QED) is 0.842. The van der Waals surface area contributed by atoms with Crippen molar-refractivity contribution >= 4 is 5.95 Å². The molecule has 0 fully saturated rings. The number of rotatable bonds is 7. The Hall–Kier alpha value is -2.18. The average molecular weight is 290 g/mol. The first kappa shape index (κ1) is 15.2. The third kappa shape index (κ3) is 3.90. The molecule has 21 heavy (non-hydrogen) atoms. The maximum absolute atomic E-state index is 5.61. The maximum atomic E-state index is 5.61. The molecule has 0 amide bonds. The molecule has 0 spiro atoms. The summed E-state index contributed by atoms with van der Waals surface area (Å²) in [7, 11) is 0. The molecule has 2 rings (SSSR count). The Morgan fingerprint density at radius 2 is 2.05 bits per heavy atom. The predicted molar refractivity (Wildman–Crippen MR) is 80.9 cm³/mol. The number of ether oxygens (including phenoxy) is 1. The molecule has 2 aromatic rings. The molecule has 7 heteroatoms. The van der Waals surface area contributed by atoms with Crippen LogP contribution in [0.3, 0.4) is 0 Å². The summed E-state index contributed by atoms with van der Waals surface area (Å²) in [5.41, 5.74) is 0. The van der Waals surface area contributed by atoms with E-state index in [1.807, 2.05) is 31.5 Å². The Balaban J connectivity index is 2.38. The van der Waals surface area contributed by atoms with Gasteiger partial charge in [-0.05, 0) is 20.3 Å². The van der Waals surface area contributed by atoms with E-state index in [2.05, 4.69) is 32.2 Å². The average Bonchev–Trinajstić information content (AvgIpc) is 2.92. The molecule has 0 saturated carbocycles. The number of aryl methyl sites for hydroxylation is 1. The molecule has 2 heterocycles. The molecule has 0 aliphatic heterocycles. The Labute approximate surface area is 124 Å². The maximum Gasteiger partial charge on any atom is 0.323 e. The molecule has 7 nitrogen and oxygen atoms in total. The number of imidazole rings is 1. The first-order valence-electron chi connectivity index (χ1n) is 7.33. The van der Waals surface area contributed by atoms with Gasteiger partial charge >= 0.3 is 6.01 Å².